The SMILES string of the molecule is CCCN1CCC(NCCCC#N)CC1. The van der Waals surface area contributed by atoms with Gasteiger partial charge in [-0.2, -0.15) is 5.26 Å². The Balaban J connectivity index is 2.02. The van der Waals surface area contributed by atoms with E-state index in [0.29, 0.717) is 12.5 Å². The van der Waals surface area contributed by atoms with Crippen LogP contribution in [0, 0.1) is 11.3 Å². The number of hydrogen-bond donors (Lipinski definition) is 1. The molecule has 0 aromatic heterocycles. The van der Waals surface area contributed by atoms with Crippen molar-refractivity contribution in [2.75, 3.05) is 26.2 Å². The number of unbranched alkanes of at least 4 members (excludes halogenated alkanes) is 1. The molecule has 3 heteroatoms. The molecule has 0 atom stereocenters. The zero-order valence-corrected chi connectivity index (χ0v) is 9.84. The van der Waals surface area contributed by atoms with E-state index in [2.05, 4.69) is 23.2 Å². The third-order valence-corrected chi connectivity index (χ3v) is 3.03. The van der Waals surface area contributed by atoms with Crippen molar-refractivity contribution in [1.29, 1.82) is 5.26 Å². The maximum Gasteiger partial charge on any atom is 0.0622 e. The van der Waals surface area contributed by atoms with Crippen LogP contribution in [0.1, 0.15) is 39.0 Å². The van der Waals surface area contributed by atoms with Crippen molar-refractivity contribution in [2.45, 2.75) is 45.1 Å². The van der Waals surface area contributed by atoms with Gasteiger partial charge in [0, 0.05) is 12.5 Å². The van der Waals surface area contributed by atoms with Crippen molar-refractivity contribution in [3.63, 3.8) is 0 Å². The monoisotopic (exact) mass is 209 g/mol. The normalized spacial score (nSPS) is 18.9. The first-order chi connectivity index (χ1) is 7.36. The predicted molar refractivity (Wildman–Crippen MR) is 62.6 cm³/mol. The summed E-state index contributed by atoms with van der Waals surface area (Å²) in [5.74, 6) is 0. The van der Waals surface area contributed by atoms with E-state index in [4.69, 9.17) is 5.26 Å². The van der Waals surface area contributed by atoms with E-state index < -0.39 is 0 Å². The molecule has 0 spiro atoms. The summed E-state index contributed by atoms with van der Waals surface area (Å²) in [6.45, 7) is 6.98. The van der Waals surface area contributed by atoms with Gasteiger partial charge in [0.1, 0.15) is 0 Å². The summed E-state index contributed by atoms with van der Waals surface area (Å²) in [6.07, 6.45) is 5.48. The maximum atomic E-state index is 8.41. The Morgan fingerprint density at radius 2 is 2.13 bits per heavy atom. The van der Waals surface area contributed by atoms with Crippen LogP contribution in [0.4, 0.5) is 0 Å². The Hall–Kier alpha value is -0.590. The highest BCUT2D eigenvalue weighted by Crippen LogP contribution is 2.10. The van der Waals surface area contributed by atoms with E-state index in [1.54, 1.807) is 0 Å². The molecule has 15 heavy (non-hydrogen) atoms. The zero-order chi connectivity index (χ0) is 10.9. The molecule has 1 rings (SSSR count). The summed E-state index contributed by atoms with van der Waals surface area (Å²) in [7, 11) is 0. The van der Waals surface area contributed by atoms with Gasteiger partial charge in [0.25, 0.3) is 0 Å². The summed E-state index contributed by atoms with van der Waals surface area (Å²) < 4.78 is 0. The highest BCUT2D eigenvalue weighted by Gasteiger charge is 2.17. The molecule has 1 aliphatic rings. The summed E-state index contributed by atoms with van der Waals surface area (Å²) >= 11 is 0. The van der Waals surface area contributed by atoms with Gasteiger partial charge in [-0.1, -0.05) is 6.92 Å². The maximum absolute atomic E-state index is 8.41. The van der Waals surface area contributed by atoms with Crippen molar-refractivity contribution < 1.29 is 0 Å². The van der Waals surface area contributed by atoms with Gasteiger partial charge in [0.15, 0.2) is 0 Å². The Bertz CT molecular complexity index is 190. The van der Waals surface area contributed by atoms with Gasteiger partial charge in [-0.25, -0.2) is 0 Å². The van der Waals surface area contributed by atoms with Crippen molar-refractivity contribution in [3.05, 3.63) is 0 Å². The van der Waals surface area contributed by atoms with Gasteiger partial charge in [0.2, 0.25) is 0 Å². The Labute approximate surface area is 93.5 Å². The lowest BCUT2D eigenvalue weighted by atomic mass is 10.0. The number of piperidine rings is 1. The number of likely N-dealkylation sites (tertiary alicyclic amines) is 1. The molecule has 0 radical (unpaired) electrons. The smallest absolute Gasteiger partial charge is 0.0622 e. The fourth-order valence-electron chi connectivity index (χ4n) is 2.15. The number of nitriles is 1. The van der Waals surface area contributed by atoms with Crippen LogP contribution in [0.3, 0.4) is 0 Å². The van der Waals surface area contributed by atoms with Crippen LogP contribution < -0.4 is 5.32 Å². The molecule has 0 amide bonds. The predicted octanol–water partition coefficient (Wildman–Crippen LogP) is 1.75. The van der Waals surface area contributed by atoms with Gasteiger partial charge in [-0.3, -0.25) is 0 Å². The fourth-order valence-corrected chi connectivity index (χ4v) is 2.15. The van der Waals surface area contributed by atoms with Crippen molar-refractivity contribution >= 4 is 0 Å². The van der Waals surface area contributed by atoms with Crippen LogP contribution in [0.5, 0.6) is 0 Å². The van der Waals surface area contributed by atoms with Crippen LogP contribution in [-0.4, -0.2) is 37.1 Å². The number of rotatable bonds is 6. The first kappa shape index (κ1) is 12.5. The molecule has 0 aromatic rings. The van der Waals surface area contributed by atoms with Gasteiger partial charge < -0.3 is 10.2 Å². The second-order valence-corrected chi connectivity index (χ2v) is 4.33. The number of nitrogens with one attached hydrogen (secondary N) is 1. The quantitative estimate of drug-likeness (QED) is 0.677. The van der Waals surface area contributed by atoms with Crippen molar-refractivity contribution in [3.8, 4) is 6.07 Å². The van der Waals surface area contributed by atoms with Crippen molar-refractivity contribution in [2.24, 2.45) is 0 Å². The van der Waals surface area contributed by atoms with E-state index in [-0.39, 0.29) is 0 Å². The summed E-state index contributed by atoms with van der Waals surface area (Å²) in [4.78, 5) is 2.55. The summed E-state index contributed by atoms with van der Waals surface area (Å²) in [6, 6.07) is 2.87. The molecule has 1 heterocycles. The molecule has 1 N–H and O–H groups in total. The second-order valence-electron chi connectivity index (χ2n) is 4.33. The molecule has 0 aliphatic carbocycles. The number of nitrogens with zero attached hydrogens (tertiary/aromatic N) is 2. The molecule has 86 valence electrons. The lowest BCUT2D eigenvalue weighted by Crippen LogP contribution is -2.42. The van der Waals surface area contributed by atoms with E-state index in [1.165, 1.54) is 38.9 Å². The molecule has 0 saturated carbocycles. The summed E-state index contributed by atoms with van der Waals surface area (Å²) in [5, 5.41) is 12.0. The van der Waals surface area contributed by atoms with Gasteiger partial charge in [0.05, 0.1) is 6.07 Å². The third-order valence-electron chi connectivity index (χ3n) is 3.03. The molecule has 0 aromatic carbocycles. The van der Waals surface area contributed by atoms with Crippen LogP contribution >= 0.6 is 0 Å². The highest BCUT2D eigenvalue weighted by molar-refractivity contribution is 4.77. The Kier molecular flexibility index (Phi) is 6.38. The topological polar surface area (TPSA) is 39.1 Å². The van der Waals surface area contributed by atoms with Gasteiger partial charge >= 0.3 is 0 Å². The van der Waals surface area contributed by atoms with E-state index in [1.807, 2.05) is 0 Å². The molecular formula is C12H23N3. The Morgan fingerprint density at radius 3 is 2.73 bits per heavy atom. The molecule has 0 unspecified atom stereocenters. The average molecular weight is 209 g/mol. The minimum Gasteiger partial charge on any atom is -0.314 e. The fraction of sp³-hybridized carbons (Fsp3) is 0.917. The van der Waals surface area contributed by atoms with E-state index in [0.717, 1.165) is 13.0 Å². The Morgan fingerprint density at radius 1 is 1.40 bits per heavy atom. The standard InChI is InChI=1S/C12H23N3/c1-2-9-15-10-5-12(6-11-15)14-8-4-3-7-13/h12,14H,2-6,8-11H2,1H3. The minimum atomic E-state index is 0.682. The molecule has 1 aliphatic heterocycles. The lowest BCUT2D eigenvalue weighted by molar-refractivity contribution is 0.198. The van der Waals surface area contributed by atoms with Crippen LogP contribution in [0.2, 0.25) is 0 Å². The van der Waals surface area contributed by atoms with Crippen LogP contribution in [0.25, 0.3) is 0 Å². The first-order valence-electron chi connectivity index (χ1n) is 6.19. The molecule has 3 nitrogen and oxygen atoms in total. The summed E-state index contributed by atoms with van der Waals surface area (Å²) in [5.41, 5.74) is 0. The minimum absolute atomic E-state index is 0.682. The first-order valence-corrected chi connectivity index (χ1v) is 6.19. The van der Waals surface area contributed by atoms with Crippen LogP contribution in [0.15, 0.2) is 0 Å². The lowest BCUT2D eigenvalue weighted by Gasteiger charge is -2.32. The molecular weight excluding hydrogens is 186 g/mol. The number of hydrogen-bond acceptors (Lipinski definition) is 3. The second kappa shape index (κ2) is 7.67. The molecule has 0 bridgehead atoms. The highest BCUT2D eigenvalue weighted by atomic mass is 15.1. The van der Waals surface area contributed by atoms with Gasteiger partial charge in [-0.15, -0.1) is 0 Å². The molecule has 1 saturated heterocycles. The van der Waals surface area contributed by atoms with Crippen molar-refractivity contribution in [1.82, 2.24) is 10.2 Å². The largest absolute Gasteiger partial charge is 0.314 e. The third kappa shape index (κ3) is 5.15. The van der Waals surface area contributed by atoms with Crippen LogP contribution in [-0.2, 0) is 0 Å². The van der Waals surface area contributed by atoms with Gasteiger partial charge in [-0.05, 0) is 51.9 Å². The zero-order valence-electron chi connectivity index (χ0n) is 9.84. The molecule has 1 fully saturated rings. The van der Waals surface area contributed by atoms with E-state index in [9.17, 15) is 0 Å². The average Bonchev–Trinajstić information content (AvgIpc) is 2.27. The van der Waals surface area contributed by atoms with E-state index >= 15 is 0 Å².